The van der Waals surface area contributed by atoms with Crippen molar-refractivity contribution in [2.24, 2.45) is 0 Å². The molecule has 2 aromatic rings. The van der Waals surface area contributed by atoms with Crippen molar-refractivity contribution in [1.82, 2.24) is 9.80 Å². The number of esters is 1. The molecule has 0 aliphatic carbocycles. The Labute approximate surface area is 166 Å². The molecule has 8 heteroatoms. The molecular formula is C20H20N2O5S. The first-order chi connectivity index (χ1) is 13.4. The van der Waals surface area contributed by atoms with Gasteiger partial charge in [0, 0.05) is 26.4 Å². The highest BCUT2D eigenvalue weighted by atomic mass is 32.1. The number of thiophene rings is 1. The Morgan fingerprint density at radius 3 is 2.36 bits per heavy atom. The van der Waals surface area contributed by atoms with Crippen LogP contribution in [0.2, 0.25) is 0 Å². The van der Waals surface area contributed by atoms with Crippen molar-refractivity contribution in [3.63, 3.8) is 0 Å². The van der Waals surface area contributed by atoms with Crippen molar-refractivity contribution in [3.8, 4) is 0 Å². The van der Waals surface area contributed by atoms with Crippen molar-refractivity contribution in [2.75, 3.05) is 13.7 Å². The third kappa shape index (κ3) is 4.83. The van der Waals surface area contributed by atoms with Crippen LogP contribution in [0.5, 0.6) is 0 Å². The number of imide groups is 1. The largest absolute Gasteiger partial charge is 0.452 e. The van der Waals surface area contributed by atoms with Crippen molar-refractivity contribution < 1.29 is 23.9 Å². The third-order valence-electron chi connectivity index (χ3n) is 4.44. The quantitative estimate of drug-likeness (QED) is 0.526. The van der Waals surface area contributed by atoms with E-state index in [9.17, 15) is 19.2 Å². The lowest BCUT2D eigenvalue weighted by Gasteiger charge is -2.16. The van der Waals surface area contributed by atoms with Crippen LogP contribution >= 0.6 is 11.3 Å². The molecule has 3 amide bonds. The number of hydrogen-bond acceptors (Lipinski definition) is 6. The molecule has 1 aromatic heterocycles. The molecule has 1 fully saturated rings. The average Bonchev–Trinajstić information content (AvgIpc) is 3.31. The Hall–Kier alpha value is -3.00. The fourth-order valence-electron chi connectivity index (χ4n) is 2.79. The van der Waals surface area contributed by atoms with Gasteiger partial charge in [-0.05, 0) is 40.1 Å². The van der Waals surface area contributed by atoms with E-state index in [4.69, 9.17) is 4.74 Å². The van der Waals surface area contributed by atoms with E-state index in [2.05, 4.69) is 0 Å². The maximum absolute atomic E-state index is 12.1. The lowest BCUT2D eigenvalue weighted by Crippen LogP contribution is -2.30. The minimum Gasteiger partial charge on any atom is -0.452 e. The summed E-state index contributed by atoms with van der Waals surface area (Å²) in [6.45, 7) is 0.319. The second kappa shape index (κ2) is 8.79. The van der Waals surface area contributed by atoms with Gasteiger partial charge in [-0.1, -0.05) is 12.1 Å². The molecular weight excluding hydrogens is 380 g/mol. The van der Waals surface area contributed by atoms with Crippen LogP contribution in [0.4, 0.5) is 0 Å². The Kier molecular flexibility index (Phi) is 6.20. The van der Waals surface area contributed by atoms with Gasteiger partial charge in [-0.25, -0.2) is 4.79 Å². The highest BCUT2D eigenvalue weighted by molar-refractivity contribution is 7.07. The molecule has 146 valence electrons. The number of carbonyl (C=O) groups excluding carboxylic acids is 4. The predicted molar refractivity (Wildman–Crippen MR) is 102 cm³/mol. The number of likely N-dealkylation sites (N-methyl/N-ethyl adjacent to an activating group) is 1. The molecule has 7 nitrogen and oxygen atoms in total. The van der Waals surface area contributed by atoms with Crippen LogP contribution in [0.1, 0.15) is 34.3 Å². The first-order valence-corrected chi connectivity index (χ1v) is 9.72. The van der Waals surface area contributed by atoms with Crippen LogP contribution in [0.3, 0.4) is 0 Å². The van der Waals surface area contributed by atoms with Crippen LogP contribution in [-0.2, 0) is 32.2 Å². The standard InChI is InChI=1S/C20H20N2O5S/c1-21(10-15-8-9-28-13-15)19(25)12-27-20(26)16-4-2-14(3-5-16)11-22-17(23)6-7-18(22)24/h2-5,8-9,13H,6-7,10-12H2,1H3. The molecule has 0 radical (unpaired) electrons. The lowest BCUT2D eigenvalue weighted by molar-refractivity contribution is -0.139. The Balaban J connectivity index is 1.49. The van der Waals surface area contributed by atoms with Crippen LogP contribution in [0.25, 0.3) is 0 Å². The van der Waals surface area contributed by atoms with Gasteiger partial charge in [-0.3, -0.25) is 19.3 Å². The zero-order valence-corrected chi connectivity index (χ0v) is 16.2. The molecule has 0 atom stereocenters. The molecule has 0 unspecified atom stereocenters. The monoisotopic (exact) mass is 400 g/mol. The van der Waals surface area contributed by atoms with E-state index in [1.807, 2.05) is 16.8 Å². The van der Waals surface area contributed by atoms with Gasteiger partial charge in [0.2, 0.25) is 11.8 Å². The Bertz CT molecular complexity index is 861. The molecule has 1 aliphatic heterocycles. The van der Waals surface area contributed by atoms with Crippen LogP contribution in [0.15, 0.2) is 41.1 Å². The van der Waals surface area contributed by atoms with E-state index >= 15 is 0 Å². The van der Waals surface area contributed by atoms with E-state index in [0.29, 0.717) is 12.1 Å². The molecule has 1 aromatic carbocycles. The fourth-order valence-corrected chi connectivity index (χ4v) is 3.45. The SMILES string of the molecule is CN(Cc1ccsc1)C(=O)COC(=O)c1ccc(CN2C(=O)CCC2=O)cc1. The summed E-state index contributed by atoms with van der Waals surface area (Å²) in [6, 6.07) is 8.38. The topological polar surface area (TPSA) is 84.0 Å². The molecule has 0 saturated carbocycles. The minimum absolute atomic E-state index is 0.182. The normalized spacial score (nSPS) is 13.7. The molecule has 2 heterocycles. The molecule has 28 heavy (non-hydrogen) atoms. The third-order valence-corrected chi connectivity index (χ3v) is 5.17. The maximum atomic E-state index is 12.1. The summed E-state index contributed by atoms with van der Waals surface area (Å²) in [6.07, 6.45) is 0.496. The van der Waals surface area contributed by atoms with E-state index in [1.54, 1.807) is 42.6 Å². The zero-order chi connectivity index (χ0) is 20.1. The Morgan fingerprint density at radius 2 is 1.75 bits per heavy atom. The Morgan fingerprint density at radius 1 is 1.07 bits per heavy atom. The number of amides is 3. The summed E-state index contributed by atoms with van der Waals surface area (Å²) in [5.41, 5.74) is 2.07. The fraction of sp³-hybridized carbons (Fsp3) is 0.300. The first kappa shape index (κ1) is 19.8. The van der Waals surface area contributed by atoms with Gasteiger partial charge in [0.15, 0.2) is 6.61 Å². The minimum atomic E-state index is -0.600. The number of ether oxygens (including phenoxy) is 1. The summed E-state index contributed by atoms with van der Waals surface area (Å²) in [5, 5.41) is 3.90. The van der Waals surface area contributed by atoms with Gasteiger partial charge in [0.25, 0.3) is 5.91 Å². The summed E-state index contributed by atoms with van der Waals surface area (Å²) in [4.78, 5) is 50.3. The van der Waals surface area contributed by atoms with E-state index < -0.39 is 5.97 Å². The number of hydrogen-bond donors (Lipinski definition) is 0. The molecule has 0 bridgehead atoms. The van der Waals surface area contributed by atoms with Gasteiger partial charge < -0.3 is 9.64 Å². The number of nitrogens with zero attached hydrogens (tertiary/aromatic N) is 2. The number of likely N-dealkylation sites (tertiary alicyclic amines) is 1. The van der Waals surface area contributed by atoms with E-state index in [0.717, 1.165) is 11.1 Å². The molecule has 1 saturated heterocycles. The maximum Gasteiger partial charge on any atom is 0.338 e. The lowest BCUT2D eigenvalue weighted by atomic mass is 10.1. The van der Waals surface area contributed by atoms with Crippen molar-refractivity contribution in [1.29, 1.82) is 0 Å². The summed E-state index contributed by atoms with van der Waals surface area (Å²) < 4.78 is 5.09. The van der Waals surface area contributed by atoms with E-state index in [1.165, 1.54) is 9.80 Å². The smallest absolute Gasteiger partial charge is 0.338 e. The highest BCUT2D eigenvalue weighted by Gasteiger charge is 2.28. The first-order valence-electron chi connectivity index (χ1n) is 8.78. The summed E-state index contributed by atoms with van der Waals surface area (Å²) in [7, 11) is 1.66. The van der Waals surface area contributed by atoms with E-state index in [-0.39, 0.29) is 43.7 Å². The van der Waals surface area contributed by atoms with Gasteiger partial charge >= 0.3 is 5.97 Å². The van der Waals surface area contributed by atoms with Crippen molar-refractivity contribution in [2.45, 2.75) is 25.9 Å². The van der Waals surface area contributed by atoms with Crippen LogP contribution < -0.4 is 0 Å². The van der Waals surface area contributed by atoms with Gasteiger partial charge in [0.05, 0.1) is 12.1 Å². The summed E-state index contributed by atoms with van der Waals surface area (Å²) >= 11 is 1.56. The number of carbonyl (C=O) groups is 4. The highest BCUT2D eigenvalue weighted by Crippen LogP contribution is 2.16. The average molecular weight is 400 g/mol. The molecule has 0 N–H and O–H groups in total. The van der Waals surface area contributed by atoms with Crippen LogP contribution in [-0.4, -0.2) is 47.1 Å². The number of rotatable bonds is 7. The van der Waals surface area contributed by atoms with Gasteiger partial charge in [0.1, 0.15) is 0 Å². The van der Waals surface area contributed by atoms with Gasteiger partial charge in [-0.2, -0.15) is 11.3 Å². The summed E-state index contributed by atoms with van der Waals surface area (Å²) in [5.74, 6) is -1.25. The second-order valence-corrected chi connectivity index (χ2v) is 7.31. The van der Waals surface area contributed by atoms with Crippen molar-refractivity contribution >= 4 is 35.0 Å². The van der Waals surface area contributed by atoms with Crippen LogP contribution in [0, 0.1) is 0 Å². The predicted octanol–water partition coefficient (Wildman–Crippen LogP) is 2.21. The number of benzene rings is 1. The molecule has 0 spiro atoms. The van der Waals surface area contributed by atoms with Gasteiger partial charge in [-0.15, -0.1) is 0 Å². The van der Waals surface area contributed by atoms with Crippen molar-refractivity contribution in [3.05, 3.63) is 57.8 Å². The molecule has 3 rings (SSSR count). The second-order valence-electron chi connectivity index (χ2n) is 6.53. The zero-order valence-electron chi connectivity index (χ0n) is 15.4. The molecule has 1 aliphatic rings.